The smallest absolute Gasteiger partial charge is 0.226 e. The number of nitrogens with zero attached hydrogens (tertiary/aromatic N) is 3. The third kappa shape index (κ3) is 2.72. The van der Waals surface area contributed by atoms with Gasteiger partial charge in [0.2, 0.25) is 5.95 Å². The van der Waals surface area contributed by atoms with Crippen LogP contribution in [0.15, 0.2) is 29.5 Å². The fraction of sp³-hybridized carbons (Fsp3) is 0.389. The first-order valence-corrected chi connectivity index (χ1v) is 8.41. The Labute approximate surface area is 150 Å². The number of rotatable bonds is 4. The molecule has 1 unspecified atom stereocenters. The molecule has 3 heterocycles. The van der Waals surface area contributed by atoms with E-state index in [4.69, 9.17) is 14.2 Å². The molecule has 1 atom stereocenters. The van der Waals surface area contributed by atoms with Crippen LogP contribution in [0.1, 0.15) is 31.3 Å². The van der Waals surface area contributed by atoms with Gasteiger partial charge < -0.3 is 19.5 Å². The lowest BCUT2D eigenvalue weighted by atomic mass is 9.93. The molecule has 0 bridgehead atoms. The number of nitrogens with one attached hydrogen (secondary N) is 1. The number of fused-ring (bicyclic) bond motifs is 2. The molecule has 0 aliphatic carbocycles. The molecule has 0 radical (unpaired) electrons. The monoisotopic (exact) mass is 356 g/mol. The Morgan fingerprint density at radius 3 is 2.85 bits per heavy atom. The van der Waals surface area contributed by atoms with Crippen LogP contribution in [0.3, 0.4) is 0 Å². The first-order valence-electron chi connectivity index (χ1n) is 8.41. The SMILES string of the molecule is COCc1nc2n(n1)C(c1ccc3c(c1)OCCO3)C(C(C)=O)=C(C)N2. The van der Waals surface area contributed by atoms with E-state index in [9.17, 15) is 4.79 Å². The van der Waals surface area contributed by atoms with Crippen molar-refractivity contribution in [2.24, 2.45) is 0 Å². The molecule has 0 spiro atoms. The van der Waals surface area contributed by atoms with E-state index >= 15 is 0 Å². The van der Waals surface area contributed by atoms with Crippen LogP contribution in [-0.4, -0.2) is 40.9 Å². The number of benzene rings is 1. The fourth-order valence-corrected chi connectivity index (χ4v) is 3.38. The zero-order valence-electron chi connectivity index (χ0n) is 14.9. The second-order valence-electron chi connectivity index (χ2n) is 6.25. The molecular weight excluding hydrogens is 336 g/mol. The fourth-order valence-electron chi connectivity index (χ4n) is 3.38. The maximum atomic E-state index is 12.4. The number of carbonyl (C=O) groups is 1. The molecule has 26 heavy (non-hydrogen) atoms. The minimum atomic E-state index is -0.391. The highest BCUT2D eigenvalue weighted by molar-refractivity contribution is 5.96. The minimum absolute atomic E-state index is 0.0238. The van der Waals surface area contributed by atoms with Crippen LogP contribution in [-0.2, 0) is 16.1 Å². The lowest BCUT2D eigenvalue weighted by Crippen LogP contribution is -2.28. The molecule has 0 saturated carbocycles. The summed E-state index contributed by atoms with van der Waals surface area (Å²) >= 11 is 0. The summed E-state index contributed by atoms with van der Waals surface area (Å²) in [7, 11) is 1.59. The molecule has 0 fully saturated rings. The highest BCUT2D eigenvalue weighted by Gasteiger charge is 2.33. The molecule has 0 saturated heterocycles. The van der Waals surface area contributed by atoms with Gasteiger partial charge in [-0.25, -0.2) is 4.68 Å². The number of aromatic nitrogens is 3. The first kappa shape index (κ1) is 16.6. The van der Waals surface area contributed by atoms with Gasteiger partial charge in [-0.3, -0.25) is 4.79 Å². The van der Waals surface area contributed by atoms with E-state index in [2.05, 4.69) is 15.4 Å². The molecule has 136 valence electrons. The summed E-state index contributed by atoms with van der Waals surface area (Å²) in [5.41, 5.74) is 2.29. The van der Waals surface area contributed by atoms with Gasteiger partial charge in [0, 0.05) is 18.4 Å². The second kappa shape index (κ2) is 6.45. The number of hydrogen-bond acceptors (Lipinski definition) is 7. The topological polar surface area (TPSA) is 87.5 Å². The maximum Gasteiger partial charge on any atom is 0.226 e. The molecule has 2 aliphatic rings. The van der Waals surface area contributed by atoms with Crippen LogP contribution in [0.4, 0.5) is 5.95 Å². The average Bonchev–Trinajstić information content (AvgIpc) is 3.02. The van der Waals surface area contributed by atoms with Gasteiger partial charge in [-0.05, 0) is 31.5 Å². The predicted octanol–water partition coefficient (Wildman–Crippen LogP) is 2.07. The Balaban J connectivity index is 1.85. The number of methoxy groups -OCH3 is 1. The van der Waals surface area contributed by atoms with Gasteiger partial charge in [0.05, 0.1) is 0 Å². The van der Waals surface area contributed by atoms with E-state index in [0.29, 0.717) is 48.7 Å². The molecule has 4 rings (SSSR count). The molecule has 8 heteroatoms. The Morgan fingerprint density at radius 1 is 1.35 bits per heavy atom. The first-order chi connectivity index (χ1) is 12.6. The largest absolute Gasteiger partial charge is 0.486 e. The van der Waals surface area contributed by atoms with Gasteiger partial charge in [-0.1, -0.05) is 6.07 Å². The zero-order chi connectivity index (χ0) is 18.3. The van der Waals surface area contributed by atoms with E-state index in [1.54, 1.807) is 18.7 Å². The van der Waals surface area contributed by atoms with E-state index in [-0.39, 0.29) is 5.78 Å². The van der Waals surface area contributed by atoms with Crippen molar-refractivity contribution in [1.29, 1.82) is 0 Å². The van der Waals surface area contributed by atoms with Crippen molar-refractivity contribution < 1.29 is 19.0 Å². The van der Waals surface area contributed by atoms with E-state index < -0.39 is 6.04 Å². The average molecular weight is 356 g/mol. The Bertz CT molecular complexity index is 903. The number of anilines is 1. The standard InChI is InChI=1S/C18H20N4O4/c1-10-16(11(2)23)17(22-18(19-10)20-15(21-22)9-24-3)12-4-5-13-14(8-12)26-7-6-25-13/h4-5,8,17H,6-7,9H2,1-3H3,(H,19,20,21). The summed E-state index contributed by atoms with van der Waals surface area (Å²) in [6, 6.07) is 5.31. The summed E-state index contributed by atoms with van der Waals surface area (Å²) in [5, 5.41) is 7.71. The third-order valence-electron chi connectivity index (χ3n) is 4.43. The Hall–Kier alpha value is -2.87. The number of carbonyl (C=O) groups excluding carboxylic acids is 1. The Morgan fingerprint density at radius 2 is 2.12 bits per heavy atom. The van der Waals surface area contributed by atoms with Gasteiger partial charge in [0.1, 0.15) is 25.9 Å². The third-order valence-corrected chi connectivity index (χ3v) is 4.43. The van der Waals surface area contributed by atoms with E-state index in [1.807, 2.05) is 25.1 Å². The summed E-state index contributed by atoms with van der Waals surface area (Å²) in [6.45, 7) is 4.76. The van der Waals surface area contributed by atoms with Crippen LogP contribution in [0.2, 0.25) is 0 Å². The summed E-state index contributed by atoms with van der Waals surface area (Å²) < 4.78 is 18.2. The van der Waals surface area contributed by atoms with Crippen LogP contribution < -0.4 is 14.8 Å². The maximum absolute atomic E-state index is 12.4. The van der Waals surface area contributed by atoms with Crippen LogP contribution in [0, 0.1) is 0 Å². The molecule has 8 nitrogen and oxygen atoms in total. The van der Waals surface area contributed by atoms with Crippen molar-refractivity contribution in [2.75, 3.05) is 25.6 Å². The molecule has 0 amide bonds. The van der Waals surface area contributed by atoms with Crippen molar-refractivity contribution in [3.8, 4) is 11.5 Å². The van der Waals surface area contributed by atoms with E-state index in [0.717, 1.165) is 11.3 Å². The zero-order valence-corrected chi connectivity index (χ0v) is 14.9. The summed E-state index contributed by atoms with van der Waals surface area (Å²) in [5.74, 6) is 2.49. The molecule has 1 aromatic carbocycles. The molecule has 1 N–H and O–H groups in total. The highest BCUT2D eigenvalue weighted by atomic mass is 16.6. The number of ether oxygens (including phenoxy) is 3. The van der Waals surface area contributed by atoms with Crippen molar-refractivity contribution in [3.63, 3.8) is 0 Å². The van der Waals surface area contributed by atoms with Gasteiger partial charge >= 0.3 is 0 Å². The van der Waals surface area contributed by atoms with Crippen LogP contribution in [0.25, 0.3) is 0 Å². The number of allylic oxidation sites excluding steroid dienone is 2. The quantitative estimate of drug-likeness (QED) is 0.897. The van der Waals surface area contributed by atoms with Gasteiger partial charge in [0.25, 0.3) is 0 Å². The number of Topliss-reactive ketones (excluding diaryl/α,β-unsaturated/α-hetero) is 1. The molecular formula is C18H20N4O4. The predicted molar refractivity (Wildman–Crippen MR) is 93.3 cm³/mol. The number of hydrogen-bond donors (Lipinski definition) is 1. The minimum Gasteiger partial charge on any atom is -0.486 e. The molecule has 2 aliphatic heterocycles. The van der Waals surface area contributed by atoms with Crippen molar-refractivity contribution in [1.82, 2.24) is 14.8 Å². The van der Waals surface area contributed by atoms with Crippen LogP contribution in [0.5, 0.6) is 11.5 Å². The summed E-state index contributed by atoms with van der Waals surface area (Å²) in [6.07, 6.45) is 0. The van der Waals surface area contributed by atoms with Gasteiger partial charge in [-0.2, -0.15) is 10.1 Å². The Kier molecular flexibility index (Phi) is 4.12. The van der Waals surface area contributed by atoms with Crippen molar-refractivity contribution in [3.05, 3.63) is 40.9 Å². The van der Waals surface area contributed by atoms with Crippen molar-refractivity contribution >= 4 is 11.7 Å². The van der Waals surface area contributed by atoms with Crippen molar-refractivity contribution in [2.45, 2.75) is 26.5 Å². The van der Waals surface area contributed by atoms with Crippen LogP contribution >= 0.6 is 0 Å². The van der Waals surface area contributed by atoms with E-state index in [1.165, 1.54) is 0 Å². The molecule has 2 aromatic rings. The number of ketones is 1. The lowest BCUT2D eigenvalue weighted by Gasteiger charge is -2.29. The second-order valence-corrected chi connectivity index (χ2v) is 6.25. The van der Waals surface area contributed by atoms with Gasteiger partial charge in [0.15, 0.2) is 23.1 Å². The highest BCUT2D eigenvalue weighted by Crippen LogP contribution is 2.39. The lowest BCUT2D eigenvalue weighted by molar-refractivity contribution is -0.114. The summed E-state index contributed by atoms with van der Waals surface area (Å²) in [4.78, 5) is 16.8. The van der Waals surface area contributed by atoms with Gasteiger partial charge in [-0.15, -0.1) is 0 Å². The normalized spacial score (nSPS) is 18.3. The molecule has 1 aromatic heterocycles.